The lowest BCUT2D eigenvalue weighted by molar-refractivity contribution is 0.0911. The van der Waals surface area contributed by atoms with E-state index in [0.29, 0.717) is 6.04 Å². The summed E-state index contributed by atoms with van der Waals surface area (Å²) in [6.45, 7) is 16.8. The van der Waals surface area contributed by atoms with Crippen molar-refractivity contribution < 1.29 is 0 Å². The van der Waals surface area contributed by atoms with Gasteiger partial charge in [-0.25, -0.2) is 0 Å². The SMILES string of the molecule is CCCNC(c1cccc(C)c1)C(C)(C)N(CC)CC. The van der Waals surface area contributed by atoms with E-state index in [1.807, 2.05) is 0 Å². The highest BCUT2D eigenvalue weighted by molar-refractivity contribution is 5.27. The van der Waals surface area contributed by atoms with Crippen LogP contribution in [0.2, 0.25) is 0 Å². The molecular formula is C18H32N2. The van der Waals surface area contributed by atoms with Gasteiger partial charge in [0.25, 0.3) is 0 Å². The van der Waals surface area contributed by atoms with Crippen molar-refractivity contribution >= 4 is 0 Å². The highest BCUT2D eigenvalue weighted by Gasteiger charge is 2.34. The molecule has 0 aliphatic heterocycles. The molecule has 1 unspecified atom stereocenters. The standard InChI is InChI=1S/C18H32N2/c1-7-13-19-17(16-12-10-11-15(4)14-16)18(5,6)20(8-2)9-3/h10-12,14,17,19H,7-9,13H2,1-6H3. The molecule has 0 aliphatic rings. The van der Waals surface area contributed by atoms with Crippen LogP contribution < -0.4 is 5.32 Å². The fourth-order valence-electron chi connectivity index (χ4n) is 3.14. The minimum atomic E-state index is 0.104. The molecule has 1 atom stereocenters. The molecule has 0 bridgehead atoms. The summed E-state index contributed by atoms with van der Waals surface area (Å²) in [6.07, 6.45) is 1.16. The van der Waals surface area contributed by atoms with Gasteiger partial charge < -0.3 is 5.32 Å². The summed E-state index contributed by atoms with van der Waals surface area (Å²) in [7, 11) is 0. The van der Waals surface area contributed by atoms with Crippen molar-refractivity contribution in [1.82, 2.24) is 10.2 Å². The molecule has 0 aromatic heterocycles. The van der Waals surface area contributed by atoms with Gasteiger partial charge in [-0.1, -0.05) is 50.6 Å². The van der Waals surface area contributed by atoms with Crippen molar-refractivity contribution in [1.29, 1.82) is 0 Å². The molecule has 1 rings (SSSR count). The number of rotatable bonds is 8. The van der Waals surface area contributed by atoms with Gasteiger partial charge in [-0.15, -0.1) is 0 Å². The zero-order valence-electron chi connectivity index (χ0n) is 14.2. The minimum Gasteiger partial charge on any atom is -0.308 e. The normalized spacial score (nSPS) is 13.8. The van der Waals surface area contributed by atoms with E-state index in [9.17, 15) is 0 Å². The molecule has 0 radical (unpaired) electrons. The topological polar surface area (TPSA) is 15.3 Å². The van der Waals surface area contributed by atoms with Crippen LogP contribution in [0.3, 0.4) is 0 Å². The summed E-state index contributed by atoms with van der Waals surface area (Å²) in [6, 6.07) is 9.28. The zero-order valence-corrected chi connectivity index (χ0v) is 14.2. The minimum absolute atomic E-state index is 0.104. The molecule has 2 heteroatoms. The van der Waals surface area contributed by atoms with E-state index in [0.717, 1.165) is 26.1 Å². The largest absolute Gasteiger partial charge is 0.308 e. The number of hydrogen-bond acceptors (Lipinski definition) is 2. The van der Waals surface area contributed by atoms with Crippen LogP contribution in [0.4, 0.5) is 0 Å². The number of likely N-dealkylation sites (N-methyl/N-ethyl adjacent to an activating group) is 1. The van der Waals surface area contributed by atoms with Gasteiger partial charge in [-0.2, -0.15) is 0 Å². The van der Waals surface area contributed by atoms with E-state index in [1.54, 1.807) is 0 Å². The predicted molar refractivity (Wildman–Crippen MR) is 89.2 cm³/mol. The molecule has 0 spiro atoms. The number of aryl methyl sites for hydroxylation is 1. The lowest BCUT2D eigenvalue weighted by Crippen LogP contribution is -2.52. The third kappa shape index (κ3) is 4.07. The average Bonchev–Trinajstić information content (AvgIpc) is 2.40. The Balaban J connectivity index is 3.10. The van der Waals surface area contributed by atoms with Crippen molar-refractivity contribution in [2.24, 2.45) is 0 Å². The molecule has 2 nitrogen and oxygen atoms in total. The Morgan fingerprint density at radius 1 is 1.15 bits per heavy atom. The Labute approximate surface area is 125 Å². The van der Waals surface area contributed by atoms with Crippen molar-refractivity contribution in [3.63, 3.8) is 0 Å². The average molecular weight is 276 g/mol. The second-order valence-electron chi connectivity index (χ2n) is 6.13. The van der Waals surface area contributed by atoms with Crippen LogP contribution in [0.5, 0.6) is 0 Å². The third-order valence-corrected chi connectivity index (χ3v) is 4.26. The van der Waals surface area contributed by atoms with Gasteiger partial charge in [0.05, 0.1) is 6.04 Å². The van der Waals surface area contributed by atoms with Crippen molar-refractivity contribution in [2.75, 3.05) is 19.6 Å². The summed E-state index contributed by atoms with van der Waals surface area (Å²) in [4.78, 5) is 2.54. The molecule has 20 heavy (non-hydrogen) atoms. The molecule has 114 valence electrons. The van der Waals surface area contributed by atoms with Crippen molar-refractivity contribution in [3.05, 3.63) is 35.4 Å². The van der Waals surface area contributed by atoms with Crippen LogP contribution in [0, 0.1) is 6.92 Å². The van der Waals surface area contributed by atoms with Crippen LogP contribution in [0.25, 0.3) is 0 Å². The summed E-state index contributed by atoms with van der Waals surface area (Å²) in [5, 5.41) is 3.76. The first-order valence-electron chi connectivity index (χ1n) is 8.02. The lowest BCUT2D eigenvalue weighted by atomic mass is 9.86. The van der Waals surface area contributed by atoms with Crippen LogP contribution >= 0.6 is 0 Å². The van der Waals surface area contributed by atoms with E-state index in [2.05, 4.69) is 76.0 Å². The van der Waals surface area contributed by atoms with E-state index in [4.69, 9.17) is 0 Å². The fourth-order valence-corrected chi connectivity index (χ4v) is 3.14. The second kappa shape index (κ2) is 7.80. The van der Waals surface area contributed by atoms with Gasteiger partial charge >= 0.3 is 0 Å². The molecule has 0 saturated heterocycles. The molecule has 0 saturated carbocycles. The van der Waals surface area contributed by atoms with Crippen molar-refractivity contribution in [2.45, 2.75) is 59.5 Å². The Morgan fingerprint density at radius 3 is 2.30 bits per heavy atom. The Morgan fingerprint density at radius 2 is 1.80 bits per heavy atom. The number of nitrogens with zero attached hydrogens (tertiary/aromatic N) is 1. The molecule has 0 heterocycles. The van der Waals surface area contributed by atoms with Gasteiger partial charge in [-0.05, 0) is 52.4 Å². The van der Waals surface area contributed by atoms with Crippen LogP contribution in [0.1, 0.15) is 58.2 Å². The van der Waals surface area contributed by atoms with E-state index < -0.39 is 0 Å². The molecule has 0 fully saturated rings. The van der Waals surface area contributed by atoms with Crippen LogP contribution in [-0.4, -0.2) is 30.1 Å². The maximum atomic E-state index is 3.76. The molecule has 0 amide bonds. The van der Waals surface area contributed by atoms with Gasteiger partial charge in [0.15, 0.2) is 0 Å². The van der Waals surface area contributed by atoms with Gasteiger partial charge in [0.2, 0.25) is 0 Å². The molecule has 0 aliphatic carbocycles. The van der Waals surface area contributed by atoms with Crippen molar-refractivity contribution in [3.8, 4) is 0 Å². The lowest BCUT2D eigenvalue weighted by Gasteiger charge is -2.44. The summed E-state index contributed by atoms with van der Waals surface area (Å²) >= 11 is 0. The monoisotopic (exact) mass is 276 g/mol. The Hall–Kier alpha value is -0.860. The summed E-state index contributed by atoms with van der Waals surface area (Å²) in [5.41, 5.74) is 2.84. The number of hydrogen-bond donors (Lipinski definition) is 1. The highest BCUT2D eigenvalue weighted by atomic mass is 15.2. The molecular weight excluding hydrogens is 244 g/mol. The predicted octanol–water partition coefficient (Wildman–Crippen LogP) is 4.16. The molecule has 1 N–H and O–H groups in total. The quantitative estimate of drug-likeness (QED) is 0.767. The Bertz CT molecular complexity index is 394. The van der Waals surface area contributed by atoms with Gasteiger partial charge in [0, 0.05) is 5.54 Å². The first-order chi connectivity index (χ1) is 9.47. The first-order valence-corrected chi connectivity index (χ1v) is 8.02. The van der Waals surface area contributed by atoms with Crippen LogP contribution in [0.15, 0.2) is 24.3 Å². The fraction of sp³-hybridized carbons (Fsp3) is 0.667. The van der Waals surface area contributed by atoms with Crippen LogP contribution in [-0.2, 0) is 0 Å². The van der Waals surface area contributed by atoms with Gasteiger partial charge in [0.1, 0.15) is 0 Å². The maximum absolute atomic E-state index is 3.76. The maximum Gasteiger partial charge on any atom is 0.0501 e. The summed E-state index contributed by atoms with van der Waals surface area (Å²) in [5.74, 6) is 0. The Kier molecular flexibility index (Phi) is 6.70. The van der Waals surface area contributed by atoms with E-state index >= 15 is 0 Å². The molecule has 1 aromatic carbocycles. The zero-order chi connectivity index (χ0) is 15.2. The molecule has 1 aromatic rings. The van der Waals surface area contributed by atoms with E-state index in [-0.39, 0.29) is 5.54 Å². The van der Waals surface area contributed by atoms with E-state index in [1.165, 1.54) is 11.1 Å². The smallest absolute Gasteiger partial charge is 0.0501 e. The van der Waals surface area contributed by atoms with Gasteiger partial charge in [-0.3, -0.25) is 4.90 Å². The summed E-state index contributed by atoms with van der Waals surface area (Å²) < 4.78 is 0. The second-order valence-corrected chi connectivity index (χ2v) is 6.13. The highest BCUT2D eigenvalue weighted by Crippen LogP contribution is 2.31. The first kappa shape index (κ1) is 17.2. The number of benzene rings is 1. The number of nitrogens with one attached hydrogen (secondary N) is 1. The third-order valence-electron chi connectivity index (χ3n) is 4.26.